The van der Waals surface area contributed by atoms with E-state index in [9.17, 15) is 9.59 Å². The Kier molecular flexibility index (Phi) is 4.62. The summed E-state index contributed by atoms with van der Waals surface area (Å²) in [6.45, 7) is 0.501. The molecule has 1 aliphatic heterocycles. The van der Waals surface area contributed by atoms with Crippen LogP contribution in [0.1, 0.15) is 22.5 Å². The number of imidazole rings is 1. The maximum absolute atomic E-state index is 12.4. The van der Waals surface area contributed by atoms with E-state index >= 15 is 0 Å². The Morgan fingerprint density at radius 3 is 3.12 bits per heavy atom. The van der Waals surface area contributed by atoms with Crippen molar-refractivity contribution in [3.63, 3.8) is 0 Å². The molecule has 1 aliphatic rings. The fourth-order valence-electron chi connectivity index (χ4n) is 2.87. The van der Waals surface area contributed by atoms with Gasteiger partial charge in [0.05, 0.1) is 11.4 Å². The molecule has 1 aromatic carbocycles. The zero-order valence-electron chi connectivity index (χ0n) is 14.1. The molecule has 6 nitrogen and oxygen atoms in total. The average molecular weight is 366 g/mol. The maximum Gasteiger partial charge on any atom is 0.251 e. The number of aromatic nitrogens is 2. The van der Waals surface area contributed by atoms with Gasteiger partial charge >= 0.3 is 0 Å². The Morgan fingerprint density at radius 2 is 2.23 bits per heavy atom. The molecule has 4 rings (SSSR count). The molecule has 0 unspecified atom stereocenters. The van der Waals surface area contributed by atoms with Crippen molar-refractivity contribution < 1.29 is 9.59 Å². The lowest BCUT2D eigenvalue weighted by Crippen LogP contribution is -2.26. The Balaban J connectivity index is 1.39. The van der Waals surface area contributed by atoms with Crippen molar-refractivity contribution in [2.45, 2.75) is 17.7 Å². The van der Waals surface area contributed by atoms with Crippen LogP contribution in [0.4, 0.5) is 5.69 Å². The van der Waals surface area contributed by atoms with Gasteiger partial charge in [0.25, 0.3) is 5.91 Å². The zero-order chi connectivity index (χ0) is 17.9. The number of hydrogen-bond donors (Lipinski definition) is 2. The quantitative estimate of drug-likeness (QED) is 0.744. The van der Waals surface area contributed by atoms with Crippen molar-refractivity contribution in [3.05, 3.63) is 60.0 Å². The van der Waals surface area contributed by atoms with E-state index in [1.807, 2.05) is 41.1 Å². The molecule has 26 heavy (non-hydrogen) atoms. The minimum Gasteiger partial charge on any atom is -0.352 e. The molecule has 7 heteroatoms. The van der Waals surface area contributed by atoms with E-state index in [1.165, 1.54) is 0 Å². The highest BCUT2D eigenvalue weighted by Crippen LogP contribution is 2.31. The Hall–Kier alpha value is -2.80. The van der Waals surface area contributed by atoms with E-state index in [1.54, 1.807) is 23.9 Å². The van der Waals surface area contributed by atoms with Crippen molar-refractivity contribution >= 4 is 34.9 Å². The highest BCUT2D eigenvalue weighted by molar-refractivity contribution is 7.99. The molecule has 0 bridgehead atoms. The SMILES string of the molecule is O=C1CCSc2ccc(C(=O)NCCc3cn4ccccc4n3)cc2N1. The number of hydrogen-bond acceptors (Lipinski definition) is 4. The first-order valence-electron chi connectivity index (χ1n) is 8.46. The summed E-state index contributed by atoms with van der Waals surface area (Å²) in [5, 5.41) is 5.78. The topological polar surface area (TPSA) is 75.5 Å². The van der Waals surface area contributed by atoms with Crippen LogP contribution < -0.4 is 10.6 Å². The van der Waals surface area contributed by atoms with Crippen molar-refractivity contribution in [1.82, 2.24) is 14.7 Å². The first kappa shape index (κ1) is 16.7. The van der Waals surface area contributed by atoms with Crippen LogP contribution in [0.5, 0.6) is 0 Å². The molecule has 0 saturated carbocycles. The van der Waals surface area contributed by atoms with E-state index in [0.29, 0.717) is 30.6 Å². The van der Waals surface area contributed by atoms with Gasteiger partial charge in [-0.15, -0.1) is 11.8 Å². The molecule has 0 atom stereocenters. The van der Waals surface area contributed by atoms with Crippen LogP contribution in [0.2, 0.25) is 0 Å². The lowest BCUT2D eigenvalue weighted by atomic mass is 10.1. The van der Waals surface area contributed by atoms with Crippen LogP contribution >= 0.6 is 11.8 Å². The summed E-state index contributed by atoms with van der Waals surface area (Å²) < 4.78 is 1.96. The summed E-state index contributed by atoms with van der Waals surface area (Å²) >= 11 is 1.63. The Labute approximate surface area is 155 Å². The van der Waals surface area contributed by atoms with E-state index in [0.717, 1.165) is 22.0 Å². The maximum atomic E-state index is 12.4. The van der Waals surface area contributed by atoms with Crippen molar-refractivity contribution in [3.8, 4) is 0 Å². The summed E-state index contributed by atoms with van der Waals surface area (Å²) in [4.78, 5) is 29.6. The lowest BCUT2D eigenvalue weighted by molar-refractivity contribution is -0.115. The lowest BCUT2D eigenvalue weighted by Gasteiger charge is -2.09. The number of thioether (sulfide) groups is 1. The number of benzene rings is 1. The van der Waals surface area contributed by atoms with Crippen molar-refractivity contribution in [1.29, 1.82) is 0 Å². The molecule has 3 aromatic rings. The predicted molar refractivity (Wildman–Crippen MR) is 102 cm³/mol. The van der Waals surface area contributed by atoms with E-state index in [4.69, 9.17) is 0 Å². The number of amides is 2. The fraction of sp³-hybridized carbons (Fsp3) is 0.211. The largest absolute Gasteiger partial charge is 0.352 e. The standard InChI is InChI=1S/C19H18N4O2S/c24-18-7-10-26-16-5-4-13(11-15(16)22-18)19(25)20-8-6-14-12-23-9-2-1-3-17(23)21-14/h1-5,9,11-12H,6-8,10H2,(H,20,25)(H,22,24). The molecule has 0 radical (unpaired) electrons. The third-order valence-electron chi connectivity index (χ3n) is 4.18. The number of rotatable bonds is 4. The monoisotopic (exact) mass is 366 g/mol. The van der Waals surface area contributed by atoms with Crippen LogP contribution in [-0.4, -0.2) is 33.5 Å². The molecule has 0 fully saturated rings. The van der Waals surface area contributed by atoms with Crippen LogP contribution in [-0.2, 0) is 11.2 Å². The first-order chi connectivity index (χ1) is 12.7. The van der Waals surface area contributed by atoms with Gasteiger partial charge in [-0.25, -0.2) is 4.98 Å². The van der Waals surface area contributed by atoms with Crippen molar-refractivity contribution in [2.24, 2.45) is 0 Å². The van der Waals surface area contributed by atoms with Gasteiger partial charge in [-0.2, -0.15) is 0 Å². The fourth-order valence-corrected chi connectivity index (χ4v) is 3.81. The third kappa shape index (κ3) is 3.57. The third-order valence-corrected chi connectivity index (χ3v) is 5.26. The molecule has 2 amide bonds. The van der Waals surface area contributed by atoms with Gasteiger partial charge < -0.3 is 15.0 Å². The van der Waals surface area contributed by atoms with Gasteiger partial charge in [0.1, 0.15) is 5.65 Å². The second-order valence-electron chi connectivity index (χ2n) is 6.06. The number of fused-ring (bicyclic) bond motifs is 2. The van der Waals surface area contributed by atoms with E-state index < -0.39 is 0 Å². The van der Waals surface area contributed by atoms with Crippen LogP contribution in [0.3, 0.4) is 0 Å². The Morgan fingerprint density at radius 1 is 1.31 bits per heavy atom. The van der Waals surface area contributed by atoms with Gasteiger partial charge in [0.2, 0.25) is 5.91 Å². The summed E-state index contributed by atoms with van der Waals surface area (Å²) in [7, 11) is 0. The number of nitrogens with one attached hydrogen (secondary N) is 2. The molecule has 0 spiro atoms. The van der Waals surface area contributed by atoms with Crippen LogP contribution in [0.25, 0.3) is 5.65 Å². The predicted octanol–water partition coefficient (Wildman–Crippen LogP) is 2.74. The minimum absolute atomic E-state index is 0.0133. The van der Waals surface area contributed by atoms with Gasteiger partial charge in [0, 0.05) is 48.0 Å². The number of carbonyl (C=O) groups is 2. The summed E-state index contributed by atoms with van der Waals surface area (Å²) in [5.74, 6) is 0.587. The minimum atomic E-state index is -0.153. The first-order valence-corrected chi connectivity index (χ1v) is 9.45. The molecular weight excluding hydrogens is 348 g/mol. The Bertz CT molecular complexity index is 950. The second kappa shape index (κ2) is 7.21. The van der Waals surface area contributed by atoms with Gasteiger partial charge in [-0.3, -0.25) is 9.59 Å². The molecule has 3 heterocycles. The number of pyridine rings is 1. The second-order valence-corrected chi connectivity index (χ2v) is 7.20. The normalized spacial score (nSPS) is 13.8. The zero-order valence-corrected chi connectivity index (χ0v) is 14.9. The molecule has 132 valence electrons. The molecule has 2 aromatic heterocycles. The number of nitrogens with zero attached hydrogens (tertiary/aromatic N) is 2. The summed E-state index contributed by atoms with van der Waals surface area (Å²) in [6, 6.07) is 11.3. The van der Waals surface area contributed by atoms with Gasteiger partial charge in [-0.05, 0) is 30.3 Å². The van der Waals surface area contributed by atoms with Crippen molar-refractivity contribution in [2.75, 3.05) is 17.6 Å². The van der Waals surface area contributed by atoms with Crippen LogP contribution in [0.15, 0.2) is 53.7 Å². The highest BCUT2D eigenvalue weighted by Gasteiger charge is 2.15. The number of anilines is 1. The average Bonchev–Trinajstić information content (AvgIpc) is 2.95. The molecule has 2 N–H and O–H groups in total. The van der Waals surface area contributed by atoms with E-state index in [-0.39, 0.29) is 11.8 Å². The van der Waals surface area contributed by atoms with E-state index in [2.05, 4.69) is 15.6 Å². The highest BCUT2D eigenvalue weighted by atomic mass is 32.2. The molecule has 0 aliphatic carbocycles. The summed E-state index contributed by atoms with van der Waals surface area (Å²) in [6.07, 6.45) is 5.06. The van der Waals surface area contributed by atoms with Gasteiger partial charge in [0.15, 0.2) is 0 Å². The molecular formula is C19H18N4O2S. The summed E-state index contributed by atoms with van der Waals surface area (Å²) in [5.41, 5.74) is 3.09. The molecule has 0 saturated heterocycles. The smallest absolute Gasteiger partial charge is 0.251 e. The van der Waals surface area contributed by atoms with Crippen LogP contribution in [0, 0.1) is 0 Å². The van der Waals surface area contributed by atoms with Gasteiger partial charge in [-0.1, -0.05) is 6.07 Å². The number of carbonyl (C=O) groups excluding carboxylic acids is 2.